The van der Waals surface area contributed by atoms with Crippen LogP contribution in [0.3, 0.4) is 0 Å². The summed E-state index contributed by atoms with van der Waals surface area (Å²) in [5, 5.41) is 0.645. The lowest BCUT2D eigenvalue weighted by molar-refractivity contribution is -0.109. The third-order valence-corrected chi connectivity index (χ3v) is 4.48. The summed E-state index contributed by atoms with van der Waals surface area (Å²) in [6.07, 6.45) is 2.52. The maximum Gasteiger partial charge on any atom is 0.410 e. The summed E-state index contributed by atoms with van der Waals surface area (Å²) in [7, 11) is 0. The van der Waals surface area contributed by atoms with Crippen LogP contribution < -0.4 is 0 Å². The standard InChI is InChI=1S/C20H28ClNO4/c1-20(2,3)26-19(24)22-10-5-8-16(14-22)18(25-12-6-11-23)15-7-4-9-17(21)13-15/h4,7,9,11,13,16,18H,5-6,8,10,12,14H2,1-3H3. The first-order valence-corrected chi connectivity index (χ1v) is 9.46. The van der Waals surface area contributed by atoms with Crippen molar-refractivity contribution >= 4 is 24.0 Å². The van der Waals surface area contributed by atoms with E-state index in [0.717, 1.165) is 24.7 Å². The lowest BCUT2D eigenvalue weighted by Gasteiger charge is -2.37. The van der Waals surface area contributed by atoms with E-state index in [4.69, 9.17) is 21.1 Å². The van der Waals surface area contributed by atoms with Crippen LogP contribution in [-0.4, -0.2) is 42.6 Å². The predicted octanol–water partition coefficient (Wildman–Crippen LogP) is 4.63. The Morgan fingerprint density at radius 1 is 1.42 bits per heavy atom. The zero-order valence-corrected chi connectivity index (χ0v) is 16.5. The summed E-state index contributed by atoms with van der Waals surface area (Å²) in [6, 6.07) is 7.58. The highest BCUT2D eigenvalue weighted by Crippen LogP contribution is 2.34. The molecule has 0 aliphatic carbocycles. The minimum absolute atomic E-state index is 0.126. The molecule has 6 heteroatoms. The molecule has 2 atom stereocenters. The Morgan fingerprint density at radius 3 is 2.85 bits per heavy atom. The molecular formula is C20H28ClNO4. The maximum atomic E-state index is 12.4. The second-order valence-corrected chi connectivity index (χ2v) is 8.07. The summed E-state index contributed by atoms with van der Waals surface area (Å²) in [5.41, 5.74) is 0.455. The summed E-state index contributed by atoms with van der Waals surface area (Å²) in [6.45, 7) is 7.19. The van der Waals surface area contributed by atoms with Gasteiger partial charge < -0.3 is 19.2 Å². The van der Waals surface area contributed by atoms with Crippen molar-refractivity contribution < 1.29 is 19.1 Å². The second kappa shape index (κ2) is 9.38. The summed E-state index contributed by atoms with van der Waals surface area (Å²) < 4.78 is 11.5. The molecule has 0 spiro atoms. The van der Waals surface area contributed by atoms with Crippen molar-refractivity contribution in [3.8, 4) is 0 Å². The van der Waals surface area contributed by atoms with Gasteiger partial charge in [-0.3, -0.25) is 0 Å². The van der Waals surface area contributed by atoms with Crippen molar-refractivity contribution in [2.75, 3.05) is 19.7 Å². The molecule has 2 unspecified atom stereocenters. The Balaban J connectivity index is 2.13. The highest BCUT2D eigenvalue weighted by molar-refractivity contribution is 6.30. The number of piperidine rings is 1. The third-order valence-electron chi connectivity index (χ3n) is 4.25. The first kappa shape index (κ1) is 20.7. The van der Waals surface area contributed by atoms with E-state index in [1.807, 2.05) is 45.0 Å². The highest BCUT2D eigenvalue weighted by atomic mass is 35.5. The fourth-order valence-corrected chi connectivity index (χ4v) is 3.38. The van der Waals surface area contributed by atoms with Gasteiger partial charge in [0.05, 0.1) is 12.7 Å². The first-order chi connectivity index (χ1) is 12.3. The third kappa shape index (κ3) is 6.29. The van der Waals surface area contributed by atoms with Gasteiger partial charge >= 0.3 is 6.09 Å². The van der Waals surface area contributed by atoms with E-state index >= 15 is 0 Å². The molecule has 1 amide bonds. The summed E-state index contributed by atoms with van der Waals surface area (Å²) in [5.74, 6) is 0.126. The van der Waals surface area contributed by atoms with Gasteiger partial charge in [0.2, 0.25) is 0 Å². The molecule has 144 valence electrons. The number of carbonyl (C=O) groups excluding carboxylic acids is 2. The minimum Gasteiger partial charge on any atom is -0.444 e. The van der Waals surface area contributed by atoms with Crippen LogP contribution in [0.5, 0.6) is 0 Å². The lowest BCUT2D eigenvalue weighted by Crippen LogP contribution is -2.44. The number of amides is 1. The average Bonchev–Trinajstić information content (AvgIpc) is 2.57. The molecule has 1 aliphatic heterocycles. The lowest BCUT2D eigenvalue weighted by atomic mass is 9.88. The van der Waals surface area contributed by atoms with Gasteiger partial charge in [0, 0.05) is 30.5 Å². The van der Waals surface area contributed by atoms with E-state index < -0.39 is 5.60 Å². The Hall–Kier alpha value is -1.59. The summed E-state index contributed by atoms with van der Waals surface area (Å²) >= 11 is 6.14. The van der Waals surface area contributed by atoms with Crippen molar-refractivity contribution in [3.05, 3.63) is 34.9 Å². The van der Waals surface area contributed by atoms with Crippen molar-refractivity contribution in [1.82, 2.24) is 4.90 Å². The molecule has 1 aromatic rings. The van der Waals surface area contributed by atoms with Gasteiger partial charge in [-0.1, -0.05) is 23.7 Å². The molecule has 1 aliphatic rings. The molecule has 0 bridgehead atoms. The molecule has 2 rings (SSSR count). The smallest absolute Gasteiger partial charge is 0.410 e. The SMILES string of the molecule is CC(C)(C)OC(=O)N1CCCC(C(OCCC=O)c2cccc(Cl)c2)C1. The van der Waals surface area contributed by atoms with Crippen LogP contribution in [0, 0.1) is 5.92 Å². The van der Waals surface area contributed by atoms with Gasteiger partial charge in [0.25, 0.3) is 0 Å². The Morgan fingerprint density at radius 2 is 2.19 bits per heavy atom. The number of nitrogens with zero attached hydrogens (tertiary/aromatic N) is 1. The first-order valence-electron chi connectivity index (χ1n) is 9.09. The second-order valence-electron chi connectivity index (χ2n) is 7.63. The molecule has 1 fully saturated rings. The van der Waals surface area contributed by atoms with Crippen molar-refractivity contribution in [1.29, 1.82) is 0 Å². The number of aldehydes is 1. The number of hydrogen-bond donors (Lipinski definition) is 0. The molecule has 1 heterocycles. The van der Waals surface area contributed by atoms with Crippen LogP contribution >= 0.6 is 11.6 Å². The van der Waals surface area contributed by atoms with Crippen LogP contribution in [0.15, 0.2) is 24.3 Å². The van der Waals surface area contributed by atoms with E-state index in [-0.39, 0.29) is 18.1 Å². The van der Waals surface area contributed by atoms with Gasteiger partial charge in [0.15, 0.2) is 0 Å². The molecule has 5 nitrogen and oxygen atoms in total. The molecule has 0 aromatic heterocycles. The number of carbonyl (C=O) groups is 2. The monoisotopic (exact) mass is 381 g/mol. The molecule has 1 aromatic carbocycles. The van der Waals surface area contributed by atoms with E-state index in [1.165, 1.54) is 0 Å². The van der Waals surface area contributed by atoms with Gasteiger partial charge in [-0.2, -0.15) is 0 Å². The van der Waals surface area contributed by atoms with Crippen LogP contribution in [0.1, 0.15) is 51.7 Å². The fraction of sp³-hybridized carbons (Fsp3) is 0.600. The molecule has 0 saturated carbocycles. The zero-order chi connectivity index (χ0) is 19.2. The number of likely N-dealkylation sites (tertiary alicyclic amines) is 1. The van der Waals surface area contributed by atoms with Crippen LogP contribution in [0.2, 0.25) is 5.02 Å². The fourth-order valence-electron chi connectivity index (χ4n) is 3.18. The average molecular weight is 382 g/mol. The number of ether oxygens (including phenoxy) is 2. The number of rotatable bonds is 6. The van der Waals surface area contributed by atoms with Crippen LogP contribution in [0.4, 0.5) is 4.79 Å². The van der Waals surface area contributed by atoms with Crippen molar-refractivity contribution in [3.63, 3.8) is 0 Å². The van der Waals surface area contributed by atoms with E-state index in [0.29, 0.717) is 31.1 Å². The molecule has 0 radical (unpaired) electrons. The molecule has 1 saturated heterocycles. The van der Waals surface area contributed by atoms with Crippen molar-refractivity contribution in [2.45, 2.75) is 51.7 Å². The quantitative estimate of drug-likeness (QED) is 0.532. The van der Waals surface area contributed by atoms with Gasteiger partial charge in [0.1, 0.15) is 11.9 Å². The summed E-state index contributed by atoms with van der Waals surface area (Å²) in [4.78, 5) is 24.8. The Kier molecular flexibility index (Phi) is 7.47. The molecular weight excluding hydrogens is 354 g/mol. The van der Waals surface area contributed by atoms with E-state index in [2.05, 4.69) is 0 Å². The molecule has 26 heavy (non-hydrogen) atoms. The van der Waals surface area contributed by atoms with Gasteiger partial charge in [-0.05, 0) is 51.3 Å². The van der Waals surface area contributed by atoms with E-state index in [9.17, 15) is 9.59 Å². The van der Waals surface area contributed by atoms with Gasteiger partial charge in [-0.25, -0.2) is 4.79 Å². The largest absolute Gasteiger partial charge is 0.444 e. The Labute approximate surface area is 160 Å². The van der Waals surface area contributed by atoms with Crippen molar-refractivity contribution in [2.24, 2.45) is 5.92 Å². The van der Waals surface area contributed by atoms with Gasteiger partial charge in [-0.15, -0.1) is 0 Å². The van der Waals surface area contributed by atoms with E-state index in [1.54, 1.807) is 4.90 Å². The number of halogens is 1. The Bertz CT molecular complexity index is 614. The topological polar surface area (TPSA) is 55.8 Å². The van der Waals surface area contributed by atoms with Crippen LogP contribution in [-0.2, 0) is 14.3 Å². The highest BCUT2D eigenvalue weighted by Gasteiger charge is 2.33. The zero-order valence-electron chi connectivity index (χ0n) is 15.7. The normalized spacial score (nSPS) is 19.1. The van der Waals surface area contributed by atoms with Crippen LogP contribution in [0.25, 0.3) is 0 Å². The molecule has 0 N–H and O–H groups in total. The maximum absolute atomic E-state index is 12.4. The predicted molar refractivity (Wildman–Crippen MR) is 101 cm³/mol. The number of benzene rings is 1. The number of hydrogen-bond acceptors (Lipinski definition) is 4. The minimum atomic E-state index is -0.517.